The van der Waals surface area contributed by atoms with Gasteiger partial charge in [-0.25, -0.2) is 0 Å². The molecule has 1 atom stereocenters. The van der Waals surface area contributed by atoms with Crippen LogP contribution >= 0.6 is 0 Å². The smallest absolute Gasteiger partial charge is 0.0188 e. The summed E-state index contributed by atoms with van der Waals surface area (Å²) in [4.78, 5) is 0. The third kappa shape index (κ3) is 3.56. The number of hydrogen-bond acceptors (Lipinski definition) is 0. The van der Waals surface area contributed by atoms with Crippen molar-refractivity contribution in [3.05, 3.63) is 37.0 Å². The summed E-state index contributed by atoms with van der Waals surface area (Å²) < 4.78 is 0. The molecule has 0 bridgehead atoms. The zero-order valence-corrected chi connectivity index (χ0v) is 8.56. The molecule has 0 fully saturated rings. The van der Waals surface area contributed by atoms with E-state index in [1.165, 1.54) is 6.42 Å². The first-order valence-electron chi connectivity index (χ1n) is 4.49. The lowest BCUT2D eigenvalue weighted by Crippen LogP contribution is -2.03. The van der Waals surface area contributed by atoms with Crippen LogP contribution in [-0.4, -0.2) is 0 Å². The summed E-state index contributed by atoms with van der Waals surface area (Å²) in [7, 11) is 0. The molecule has 0 spiro atoms. The Morgan fingerprint density at radius 1 is 1.25 bits per heavy atom. The molecule has 0 amide bonds. The first-order chi connectivity index (χ1) is 5.49. The third-order valence-corrected chi connectivity index (χ3v) is 2.08. The van der Waals surface area contributed by atoms with Gasteiger partial charge in [0.1, 0.15) is 0 Å². The minimum Gasteiger partial charge on any atom is -0.0985 e. The Morgan fingerprint density at radius 2 is 1.75 bits per heavy atom. The van der Waals surface area contributed by atoms with Crippen molar-refractivity contribution in [1.82, 2.24) is 0 Å². The van der Waals surface area contributed by atoms with E-state index >= 15 is 0 Å². The average molecular weight is 164 g/mol. The maximum Gasteiger partial charge on any atom is -0.0188 e. The molecular formula is C12H20. The molecule has 0 radical (unpaired) electrons. The van der Waals surface area contributed by atoms with E-state index < -0.39 is 0 Å². The Labute approximate surface area is 76.7 Å². The quantitative estimate of drug-likeness (QED) is 0.539. The molecule has 0 rings (SSSR count). The molecule has 0 aromatic heterocycles. The van der Waals surface area contributed by atoms with E-state index in [1.807, 2.05) is 0 Å². The molecule has 0 N–H and O–H groups in total. The molecular weight excluding hydrogens is 144 g/mol. The minimum absolute atomic E-state index is 0.524. The summed E-state index contributed by atoms with van der Waals surface area (Å²) in [5, 5.41) is 0. The van der Waals surface area contributed by atoms with E-state index in [9.17, 15) is 0 Å². The van der Waals surface area contributed by atoms with E-state index in [-0.39, 0.29) is 0 Å². The molecule has 0 aliphatic rings. The molecule has 0 aromatic rings. The minimum atomic E-state index is 0.524. The second-order valence-electron chi connectivity index (χ2n) is 3.79. The Morgan fingerprint density at radius 3 is 2.08 bits per heavy atom. The van der Waals surface area contributed by atoms with E-state index in [2.05, 4.69) is 40.5 Å². The summed E-state index contributed by atoms with van der Waals surface area (Å²) in [6.07, 6.45) is 2.95. The lowest BCUT2D eigenvalue weighted by molar-refractivity contribution is 0.491. The normalized spacial score (nSPS) is 12.7. The first kappa shape index (κ1) is 11.2. The predicted octanol–water partition coefficient (Wildman–Crippen LogP) is 3.97. The fraction of sp³-hybridized carbons (Fsp3) is 0.500. The van der Waals surface area contributed by atoms with Crippen molar-refractivity contribution in [3.63, 3.8) is 0 Å². The third-order valence-electron chi connectivity index (χ3n) is 2.08. The zero-order chi connectivity index (χ0) is 9.72. The van der Waals surface area contributed by atoms with Gasteiger partial charge in [-0.1, -0.05) is 46.6 Å². The van der Waals surface area contributed by atoms with Crippen LogP contribution in [0.5, 0.6) is 0 Å². The second-order valence-corrected chi connectivity index (χ2v) is 3.79. The highest BCUT2D eigenvalue weighted by molar-refractivity contribution is 5.35. The molecule has 0 aliphatic heterocycles. The summed E-state index contributed by atoms with van der Waals surface area (Å²) in [5.41, 5.74) is 2.10. The fourth-order valence-electron chi connectivity index (χ4n) is 1.30. The van der Waals surface area contributed by atoms with Crippen LogP contribution in [-0.2, 0) is 0 Å². The molecule has 0 aliphatic carbocycles. The summed E-state index contributed by atoms with van der Waals surface area (Å²) >= 11 is 0. The van der Waals surface area contributed by atoms with Crippen molar-refractivity contribution in [3.8, 4) is 0 Å². The zero-order valence-electron chi connectivity index (χ0n) is 8.56. The van der Waals surface area contributed by atoms with E-state index in [1.54, 1.807) is 6.08 Å². The SMILES string of the molecule is C=CC(=C)C(=C)C(C)CC(C)C. The van der Waals surface area contributed by atoms with Gasteiger partial charge in [0, 0.05) is 0 Å². The van der Waals surface area contributed by atoms with Crippen LogP contribution in [0.2, 0.25) is 0 Å². The summed E-state index contributed by atoms with van der Waals surface area (Å²) in [6.45, 7) is 18.2. The molecule has 0 nitrogen and oxygen atoms in total. The standard InChI is InChI=1S/C12H20/c1-7-10(4)12(6)11(5)8-9(2)3/h7,9,11H,1,4,6,8H2,2-3,5H3. The van der Waals surface area contributed by atoms with E-state index in [4.69, 9.17) is 0 Å². The number of hydrogen-bond donors (Lipinski definition) is 0. The second kappa shape index (κ2) is 4.97. The van der Waals surface area contributed by atoms with Gasteiger partial charge in [0.25, 0.3) is 0 Å². The van der Waals surface area contributed by atoms with Crippen LogP contribution < -0.4 is 0 Å². The Kier molecular flexibility index (Phi) is 4.65. The maximum atomic E-state index is 4.01. The molecule has 0 heterocycles. The van der Waals surface area contributed by atoms with Crippen LogP contribution in [0, 0.1) is 11.8 Å². The van der Waals surface area contributed by atoms with Crippen LogP contribution in [0.4, 0.5) is 0 Å². The van der Waals surface area contributed by atoms with Gasteiger partial charge in [-0.2, -0.15) is 0 Å². The molecule has 0 heteroatoms. The van der Waals surface area contributed by atoms with Crippen molar-refractivity contribution < 1.29 is 0 Å². The molecule has 12 heavy (non-hydrogen) atoms. The number of rotatable bonds is 5. The van der Waals surface area contributed by atoms with Gasteiger partial charge in [-0.05, 0) is 29.4 Å². The molecule has 1 unspecified atom stereocenters. The Hall–Kier alpha value is -0.780. The Balaban J connectivity index is 4.10. The highest BCUT2D eigenvalue weighted by atomic mass is 14.1. The van der Waals surface area contributed by atoms with Crippen molar-refractivity contribution >= 4 is 0 Å². The van der Waals surface area contributed by atoms with Gasteiger partial charge in [0.2, 0.25) is 0 Å². The van der Waals surface area contributed by atoms with E-state index in [0.29, 0.717) is 5.92 Å². The van der Waals surface area contributed by atoms with Gasteiger partial charge in [-0.3, -0.25) is 0 Å². The van der Waals surface area contributed by atoms with Crippen LogP contribution in [0.15, 0.2) is 37.0 Å². The summed E-state index contributed by atoms with van der Waals surface area (Å²) in [5.74, 6) is 1.24. The average Bonchev–Trinajstić information content (AvgIpc) is 2.00. The maximum absolute atomic E-state index is 4.01. The van der Waals surface area contributed by atoms with E-state index in [0.717, 1.165) is 17.1 Å². The highest BCUT2D eigenvalue weighted by Crippen LogP contribution is 2.23. The van der Waals surface area contributed by atoms with Gasteiger partial charge in [0.05, 0.1) is 0 Å². The van der Waals surface area contributed by atoms with Crippen molar-refractivity contribution in [2.45, 2.75) is 27.2 Å². The van der Waals surface area contributed by atoms with Gasteiger partial charge in [0.15, 0.2) is 0 Å². The monoisotopic (exact) mass is 164 g/mol. The highest BCUT2D eigenvalue weighted by Gasteiger charge is 2.09. The lowest BCUT2D eigenvalue weighted by Gasteiger charge is -2.16. The summed E-state index contributed by atoms with van der Waals surface area (Å²) in [6, 6.07) is 0. The first-order valence-corrected chi connectivity index (χ1v) is 4.49. The van der Waals surface area contributed by atoms with Gasteiger partial charge >= 0.3 is 0 Å². The Bertz CT molecular complexity index is 184. The van der Waals surface area contributed by atoms with Gasteiger partial charge < -0.3 is 0 Å². The largest absolute Gasteiger partial charge is 0.0985 e. The number of allylic oxidation sites excluding steroid dienone is 3. The van der Waals surface area contributed by atoms with Crippen LogP contribution in [0.3, 0.4) is 0 Å². The van der Waals surface area contributed by atoms with Crippen LogP contribution in [0.25, 0.3) is 0 Å². The van der Waals surface area contributed by atoms with Crippen LogP contribution in [0.1, 0.15) is 27.2 Å². The lowest BCUT2D eigenvalue weighted by atomic mass is 9.89. The molecule has 68 valence electrons. The molecule has 0 aromatic carbocycles. The topological polar surface area (TPSA) is 0 Å². The van der Waals surface area contributed by atoms with Gasteiger partial charge in [-0.15, -0.1) is 0 Å². The fourth-order valence-corrected chi connectivity index (χ4v) is 1.30. The molecule has 0 saturated heterocycles. The van der Waals surface area contributed by atoms with Crippen molar-refractivity contribution in [2.24, 2.45) is 11.8 Å². The predicted molar refractivity (Wildman–Crippen MR) is 57.1 cm³/mol. The van der Waals surface area contributed by atoms with Crippen molar-refractivity contribution in [2.75, 3.05) is 0 Å². The molecule has 0 saturated carbocycles. The van der Waals surface area contributed by atoms with Crippen molar-refractivity contribution in [1.29, 1.82) is 0 Å².